The largest absolute Gasteiger partial charge is 0.497 e. The fourth-order valence-corrected chi connectivity index (χ4v) is 4.31. The van der Waals surface area contributed by atoms with Crippen LogP contribution in [-0.4, -0.2) is 72.6 Å². The zero-order chi connectivity index (χ0) is 24.4. The summed E-state index contributed by atoms with van der Waals surface area (Å²) in [6, 6.07) is 12.9. The van der Waals surface area contributed by atoms with E-state index in [-0.39, 0.29) is 11.7 Å². The fourth-order valence-electron chi connectivity index (χ4n) is 4.31. The number of hydrogen-bond donors (Lipinski definition) is 0. The molecule has 182 valence electrons. The average molecular weight is 478 g/mol. The van der Waals surface area contributed by atoms with E-state index in [0.29, 0.717) is 42.7 Å². The molecule has 35 heavy (non-hydrogen) atoms. The lowest BCUT2D eigenvalue weighted by Gasteiger charge is -2.34. The second-order valence-electron chi connectivity index (χ2n) is 8.81. The third-order valence-electron chi connectivity index (χ3n) is 6.45. The summed E-state index contributed by atoms with van der Waals surface area (Å²) in [4.78, 5) is 29.0. The molecule has 5 rings (SSSR count). The van der Waals surface area contributed by atoms with Crippen molar-refractivity contribution in [3.8, 4) is 17.4 Å². The zero-order valence-corrected chi connectivity index (χ0v) is 19.9. The molecule has 3 aromatic rings. The van der Waals surface area contributed by atoms with E-state index in [1.165, 1.54) is 24.3 Å². The van der Waals surface area contributed by atoms with Gasteiger partial charge in [0, 0.05) is 44.7 Å². The van der Waals surface area contributed by atoms with E-state index in [2.05, 4.69) is 16.8 Å². The van der Waals surface area contributed by atoms with E-state index in [4.69, 9.17) is 19.4 Å². The van der Waals surface area contributed by atoms with Gasteiger partial charge in [0.05, 0.1) is 24.9 Å². The van der Waals surface area contributed by atoms with Gasteiger partial charge in [-0.2, -0.15) is 4.98 Å². The van der Waals surface area contributed by atoms with Gasteiger partial charge in [0.25, 0.3) is 5.91 Å². The molecule has 1 fully saturated rings. The summed E-state index contributed by atoms with van der Waals surface area (Å²) in [7, 11) is 3.72. The first-order chi connectivity index (χ1) is 17.0. The van der Waals surface area contributed by atoms with Crippen molar-refractivity contribution in [3.05, 3.63) is 71.2 Å². The van der Waals surface area contributed by atoms with E-state index in [9.17, 15) is 9.18 Å². The number of hydrogen-bond acceptors (Lipinski definition) is 7. The molecule has 2 aromatic carbocycles. The molecule has 0 bridgehead atoms. The lowest BCUT2D eigenvalue weighted by molar-refractivity contribution is 0.0732. The van der Waals surface area contributed by atoms with Crippen LogP contribution in [0.4, 0.5) is 10.3 Å². The van der Waals surface area contributed by atoms with E-state index in [1.54, 1.807) is 12.0 Å². The minimum absolute atomic E-state index is 0.158. The monoisotopic (exact) mass is 477 g/mol. The molecule has 2 aliphatic rings. The molecule has 0 radical (unpaired) electrons. The van der Waals surface area contributed by atoms with Crippen LogP contribution in [0, 0.1) is 5.82 Å². The molecule has 0 N–H and O–H groups in total. The maximum absolute atomic E-state index is 13.3. The van der Waals surface area contributed by atoms with E-state index < -0.39 is 0 Å². The van der Waals surface area contributed by atoms with Crippen molar-refractivity contribution in [1.82, 2.24) is 19.8 Å². The standard InChI is InChI=1S/C26H28FN5O3/c1-30-13-15-31(16-14-30)26-28-23-11-12-32(25(33)18-3-5-19(27)6-4-18)17-22(23)24(29-26)35-21-9-7-20(34-2)8-10-21/h3-10H,11-17H2,1-2H3. The van der Waals surface area contributed by atoms with Gasteiger partial charge in [-0.3, -0.25) is 4.79 Å². The molecule has 1 aromatic heterocycles. The first kappa shape index (κ1) is 23.0. The number of carbonyl (C=O) groups excluding carboxylic acids is 1. The highest BCUT2D eigenvalue weighted by Gasteiger charge is 2.29. The van der Waals surface area contributed by atoms with Gasteiger partial charge in [0.2, 0.25) is 11.8 Å². The fraction of sp³-hybridized carbons (Fsp3) is 0.346. The van der Waals surface area contributed by atoms with E-state index in [0.717, 1.165) is 43.2 Å². The van der Waals surface area contributed by atoms with Crippen LogP contribution in [0.5, 0.6) is 17.4 Å². The molecule has 1 saturated heterocycles. The molecule has 0 aliphatic carbocycles. The van der Waals surface area contributed by atoms with Crippen LogP contribution in [-0.2, 0) is 13.0 Å². The molecule has 1 amide bonds. The second kappa shape index (κ2) is 9.87. The molecule has 0 atom stereocenters. The number of amides is 1. The number of piperazine rings is 1. The molecule has 0 unspecified atom stereocenters. The Morgan fingerprint density at radius 2 is 1.60 bits per heavy atom. The quantitative estimate of drug-likeness (QED) is 0.558. The van der Waals surface area contributed by atoms with E-state index >= 15 is 0 Å². The van der Waals surface area contributed by atoms with Crippen LogP contribution in [0.1, 0.15) is 21.6 Å². The summed E-state index contributed by atoms with van der Waals surface area (Å²) in [5.74, 6) is 1.93. The summed E-state index contributed by atoms with van der Waals surface area (Å²) in [6.45, 7) is 4.40. The zero-order valence-electron chi connectivity index (χ0n) is 19.9. The molecule has 0 spiro atoms. The number of rotatable bonds is 5. The van der Waals surface area contributed by atoms with Gasteiger partial charge in [-0.1, -0.05) is 0 Å². The van der Waals surface area contributed by atoms with Crippen LogP contribution < -0.4 is 14.4 Å². The lowest BCUT2D eigenvalue weighted by Crippen LogP contribution is -2.45. The molecule has 3 heterocycles. The van der Waals surface area contributed by atoms with Crippen molar-refractivity contribution in [2.24, 2.45) is 0 Å². The number of likely N-dealkylation sites (N-methyl/N-ethyl adjacent to an activating group) is 1. The van der Waals surface area contributed by atoms with Gasteiger partial charge in [0.1, 0.15) is 17.3 Å². The number of methoxy groups -OCH3 is 1. The first-order valence-corrected chi connectivity index (χ1v) is 11.7. The van der Waals surface area contributed by atoms with Crippen molar-refractivity contribution in [2.75, 3.05) is 51.8 Å². The Kier molecular flexibility index (Phi) is 6.50. The minimum Gasteiger partial charge on any atom is -0.497 e. The number of aromatic nitrogens is 2. The van der Waals surface area contributed by atoms with Crippen LogP contribution in [0.15, 0.2) is 48.5 Å². The highest BCUT2D eigenvalue weighted by atomic mass is 19.1. The SMILES string of the molecule is COc1ccc(Oc2nc(N3CCN(C)CC3)nc3c2CN(C(=O)c2ccc(F)cc2)CC3)cc1. The second-order valence-corrected chi connectivity index (χ2v) is 8.81. The molecular weight excluding hydrogens is 449 g/mol. The molecule has 9 heteroatoms. The van der Waals surface area contributed by atoms with E-state index in [1.807, 2.05) is 24.3 Å². The third kappa shape index (κ3) is 5.05. The minimum atomic E-state index is -0.370. The summed E-state index contributed by atoms with van der Waals surface area (Å²) in [5, 5.41) is 0. The van der Waals surface area contributed by atoms with Crippen molar-refractivity contribution in [3.63, 3.8) is 0 Å². The Labute approximate surface area is 203 Å². The normalized spacial score (nSPS) is 16.1. The maximum atomic E-state index is 13.3. The number of anilines is 1. The Hall–Kier alpha value is -3.72. The molecule has 2 aliphatic heterocycles. The number of benzene rings is 2. The Balaban J connectivity index is 1.46. The Bertz CT molecular complexity index is 1190. The average Bonchev–Trinajstić information content (AvgIpc) is 2.89. The number of carbonyl (C=O) groups is 1. The number of ether oxygens (including phenoxy) is 2. The van der Waals surface area contributed by atoms with Gasteiger partial charge in [-0.05, 0) is 55.6 Å². The third-order valence-corrected chi connectivity index (χ3v) is 6.45. The number of halogens is 1. The van der Waals surface area contributed by atoms with Gasteiger partial charge in [-0.15, -0.1) is 0 Å². The van der Waals surface area contributed by atoms with Crippen LogP contribution in [0.3, 0.4) is 0 Å². The van der Waals surface area contributed by atoms with Gasteiger partial charge in [-0.25, -0.2) is 9.37 Å². The number of fused-ring (bicyclic) bond motifs is 1. The summed E-state index contributed by atoms with van der Waals surface area (Å²) in [5.41, 5.74) is 2.13. The smallest absolute Gasteiger partial charge is 0.254 e. The van der Waals surface area contributed by atoms with Gasteiger partial charge < -0.3 is 24.2 Å². The predicted molar refractivity (Wildman–Crippen MR) is 130 cm³/mol. The van der Waals surface area contributed by atoms with Crippen molar-refractivity contribution >= 4 is 11.9 Å². The summed E-state index contributed by atoms with van der Waals surface area (Å²) >= 11 is 0. The Morgan fingerprint density at radius 1 is 0.914 bits per heavy atom. The Morgan fingerprint density at radius 3 is 2.29 bits per heavy atom. The first-order valence-electron chi connectivity index (χ1n) is 11.7. The number of nitrogens with zero attached hydrogens (tertiary/aromatic N) is 5. The highest BCUT2D eigenvalue weighted by Crippen LogP contribution is 2.32. The van der Waals surface area contributed by atoms with Crippen molar-refractivity contribution in [2.45, 2.75) is 13.0 Å². The van der Waals surface area contributed by atoms with Gasteiger partial charge >= 0.3 is 0 Å². The maximum Gasteiger partial charge on any atom is 0.254 e. The highest BCUT2D eigenvalue weighted by molar-refractivity contribution is 5.94. The molecular formula is C26H28FN5O3. The van der Waals surface area contributed by atoms with Crippen LogP contribution in [0.2, 0.25) is 0 Å². The summed E-state index contributed by atoms with van der Waals surface area (Å²) in [6.07, 6.45) is 0.588. The van der Waals surface area contributed by atoms with Crippen molar-refractivity contribution in [1.29, 1.82) is 0 Å². The lowest BCUT2D eigenvalue weighted by atomic mass is 10.0. The predicted octanol–water partition coefficient (Wildman–Crippen LogP) is 3.37. The molecule has 0 saturated carbocycles. The van der Waals surface area contributed by atoms with Crippen LogP contribution >= 0.6 is 0 Å². The van der Waals surface area contributed by atoms with Crippen LogP contribution in [0.25, 0.3) is 0 Å². The van der Waals surface area contributed by atoms with Gasteiger partial charge in [0.15, 0.2) is 0 Å². The van der Waals surface area contributed by atoms with Crippen molar-refractivity contribution < 1.29 is 18.7 Å². The molecule has 8 nitrogen and oxygen atoms in total. The summed E-state index contributed by atoms with van der Waals surface area (Å²) < 4.78 is 24.8. The topological polar surface area (TPSA) is 71.0 Å².